The minimum Gasteiger partial charge on any atom is -0.282 e. The lowest BCUT2D eigenvalue weighted by atomic mass is 10.1. The second-order valence-corrected chi connectivity index (χ2v) is 5.36. The van der Waals surface area contributed by atoms with Crippen molar-refractivity contribution in [2.75, 3.05) is 0 Å². The van der Waals surface area contributed by atoms with Gasteiger partial charge >= 0.3 is 0 Å². The first-order chi connectivity index (χ1) is 8.86. The molecular weight excluding hydrogens is 220 g/mol. The third-order valence-corrected chi connectivity index (χ3v) is 3.52. The molecule has 2 heteroatoms. The summed E-state index contributed by atoms with van der Waals surface area (Å²) < 4.78 is 0. The third-order valence-electron chi connectivity index (χ3n) is 3.52. The van der Waals surface area contributed by atoms with E-state index in [1.807, 2.05) is 0 Å². The lowest BCUT2D eigenvalue weighted by Gasteiger charge is -1.98. The monoisotopic (exact) mass is 250 g/mol. The molecule has 1 heterocycles. The summed E-state index contributed by atoms with van der Waals surface area (Å²) in [5.41, 5.74) is 2.59. The van der Waals surface area contributed by atoms with Crippen LogP contribution in [0.4, 0.5) is 0 Å². The normalized spacial score (nSPS) is 11.0. The zero-order valence-corrected chi connectivity index (χ0v) is 12.3. The number of aryl methyl sites for hydroxylation is 2. The first-order valence-electron chi connectivity index (χ1n) is 7.90. The Balaban J connectivity index is 2.10. The van der Waals surface area contributed by atoms with Gasteiger partial charge in [-0.1, -0.05) is 58.8 Å². The highest BCUT2D eigenvalue weighted by Crippen LogP contribution is 2.10. The quantitative estimate of drug-likeness (QED) is 0.547. The molecule has 0 bridgehead atoms. The first kappa shape index (κ1) is 15.3. The molecule has 1 aromatic rings. The molecule has 1 rings (SSSR count). The molecule has 104 valence electrons. The lowest BCUT2D eigenvalue weighted by molar-refractivity contribution is 0.627. The molecule has 0 aliphatic rings. The summed E-state index contributed by atoms with van der Waals surface area (Å²) in [6.07, 6.45) is 14.4. The summed E-state index contributed by atoms with van der Waals surface area (Å²) in [4.78, 5) is 0. The number of unbranched alkanes of at least 4 members (excludes halogenated alkanes) is 7. The van der Waals surface area contributed by atoms with Crippen molar-refractivity contribution in [1.29, 1.82) is 0 Å². The van der Waals surface area contributed by atoms with E-state index in [1.54, 1.807) is 0 Å². The molecule has 0 unspecified atom stereocenters. The Kier molecular flexibility index (Phi) is 8.62. The average molecular weight is 250 g/mol. The van der Waals surface area contributed by atoms with E-state index < -0.39 is 0 Å². The lowest BCUT2D eigenvalue weighted by Crippen LogP contribution is -1.86. The van der Waals surface area contributed by atoms with Gasteiger partial charge in [-0.15, -0.1) is 0 Å². The molecule has 18 heavy (non-hydrogen) atoms. The average Bonchev–Trinajstić information content (AvgIpc) is 2.82. The molecule has 2 nitrogen and oxygen atoms in total. The highest BCUT2D eigenvalue weighted by atomic mass is 15.1. The number of aromatic nitrogens is 2. The van der Waals surface area contributed by atoms with E-state index >= 15 is 0 Å². The second-order valence-electron chi connectivity index (χ2n) is 5.36. The predicted molar refractivity (Wildman–Crippen MR) is 78.9 cm³/mol. The van der Waals surface area contributed by atoms with Crippen molar-refractivity contribution in [2.24, 2.45) is 0 Å². The Bertz CT molecular complexity index is 291. The molecule has 0 spiro atoms. The minimum absolute atomic E-state index is 1.15. The van der Waals surface area contributed by atoms with Crippen LogP contribution in [0.3, 0.4) is 0 Å². The molecule has 0 fully saturated rings. The van der Waals surface area contributed by atoms with Crippen molar-refractivity contribution < 1.29 is 0 Å². The summed E-state index contributed by atoms with van der Waals surface area (Å²) in [5, 5.41) is 7.59. The molecule has 0 radical (unpaired) electrons. The van der Waals surface area contributed by atoms with Gasteiger partial charge in [0.25, 0.3) is 0 Å². The predicted octanol–water partition coefficient (Wildman–Crippen LogP) is 5.05. The van der Waals surface area contributed by atoms with Gasteiger partial charge in [-0.3, -0.25) is 5.10 Å². The number of rotatable bonds is 11. The Hall–Kier alpha value is -0.790. The number of nitrogens with zero attached hydrogens (tertiary/aromatic N) is 1. The standard InChI is InChI=1S/C16H30N2/c1-3-5-7-9-11-13-16-14-15(17-18-16)12-10-8-6-4-2/h14H,3-13H2,1-2H3,(H,17,18). The second kappa shape index (κ2) is 10.2. The van der Waals surface area contributed by atoms with Crippen LogP contribution in [0.15, 0.2) is 6.07 Å². The van der Waals surface area contributed by atoms with E-state index in [4.69, 9.17) is 0 Å². The van der Waals surface area contributed by atoms with Gasteiger partial charge in [-0.05, 0) is 31.7 Å². The Labute approximate surface area is 113 Å². The Morgan fingerprint density at radius 2 is 1.44 bits per heavy atom. The molecule has 1 aromatic heterocycles. The maximum Gasteiger partial charge on any atom is 0.0625 e. The van der Waals surface area contributed by atoms with E-state index in [0.717, 1.165) is 6.42 Å². The van der Waals surface area contributed by atoms with Gasteiger partial charge in [0.05, 0.1) is 5.69 Å². The van der Waals surface area contributed by atoms with Crippen LogP contribution in [0.2, 0.25) is 0 Å². The smallest absolute Gasteiger partial charge is 0.0625 e. The van der Waals surface area contributed by atoms with Gasteiger partial charge in [0.1, 0.15) is 0 Å². The topological polar surface area (TPSA) is 28.7 Å². The van der Waals surface area contributed by atoms with Crippen molar-refractivity contribution in [3.8, 4) is 0 Å². The molecule has 0 aliphatic carbocycles. The van der Waals surface area contributed by atoms with Crippen LogP contribution in [0.5, 0.6) is 0 Å². The maximum atomic E-state index is 4.40. The minimum atomic E-state index is 1.15. The highest BCUT2D eigenvalue weighted by molar-refractivity contribution is 5.08. The summed E-state index contributed by atoms with van der Waals surface area (Å²) in [6, 6.07) is 2.27. The van der Waals surface area contributed by atoms with Gasteiger partial charge in [-0.2, -0.15) is 5.10 Å². The molecule has 0 saturated carbocycles. The van der Waals surface area contributed by atoms with E-state index in [1.165, 1.54) is 75.6 Å². The van der Waals surface area contributed by atoms with E-state index in [-0.39, 0.29) is 0 Å². The number of hydrogen-bond donors (Lipinski definition) is 1. The van der Waals surface area contributed by atoms with Crippen molar-refractivity contribution in [3.63, 3.8) is 0 Å². The summed E-state index contributed by atoms with van der Waals surface area (Å²) in [6.45, 7) is 4.52. The fourth-order valence-corrected chi connectivity index (χ4v) is 2.32. The summed E-state index contributed by atoms with van der Waals surface area (Å²) in [5.74, 6) is 0. The Morgan fingerprint density at radius 3 is 2.17 bits per heavy atom. The summed E-state index contributed by atoms with van der Waals surface area (Å²) in [7, 11) is 0. The van der Waals surface area contributed by atoms with Crippen LogP contribution in [0.1, 0.15) is 83.0 Å². The largest absolute Gasteiger partial charge is 0.282 e. The van der Waals surface area contributed by atoms with Crippen molar-refractivity contribution in [1.82, 2.24) is 10.2 Å². The van der Waals surface area contributed by atoms with Gasteiger partial charge in [-0.25, -0.2) is 0 Å². The fourth-order valence-electron chi connectivity index (χ4n) is 2.32. The molecule has 0 aromatic carbocycles. The van der Waals surface area contributed by atoms with Crippen LogP contribution in [-0.4, -0.2) is 10.2 Å². The SMILES string of the molecule is CCCCCCCc1cc(CCCCCC)n[nH]1. The molecule has 1 N–H and O–H groups in total. The molecule has 0 saturated heterocycles. The maximum absolute atomic E-state index is 4.40. The molecule has 0 amide bonds. The van der Waals surface area contributed by atoms with Crippen LogP contribution in [0.25, 0.3) is 0 Å². The number of H-pyrrole nitrogens is 1. The zero-order chi connectivity index (χ0) is 13.1. The zero-order valence-electron chi connectivity index (χ0n) is 12.3. The molecular formula is C16H30N2. The van der Waals surface area contributed by atoms with Gasteiger partial charge in [0, 0.05) is 5.69 Å². The van der Waals surface area contributed by atoms with E-state index in [9.17, 15) is 0 Å². The Morgan fingerprint density at radius 1 is 0.833 bits per heavy atom. The van der Waals surface area contributed by atoms with E-state index in [2.05, 4.69) is 30.1 Å². The van der Waals surface area contributed by atoms with Crippen molar-refractivity contribution in [2.45, 2.75) is 84.5 Å². The van der Waals surface area contributed by atoms with Gasteiger partial charge in [0.2, 0.25) is 0 Å². The number of nitrogens with one attached hydrogen (secondary N) is 1. The summed E-state index contributed by atoms with van der Waals surface area (Å²) >= 11 is 0. The first-order valence-corrected chi connectivity index (χ1v) is 7.90. The van der Waals surface area contributed by atoms with Gasteiger partial charge < -0.3 is 0 Å². The van der Waals surface area contributed by atoms with Crippen molar-refractivity contribution in [3.05, 3.63) is 17.5 Å². The van der Waals surface area contributed by atoms with Crippen LogP contribution in [0, 0.1) is 0 Å². The molecule has 0 atom stereocenters. The number of aromatic amines is 1. The van der Waals surface area contributed by atoms with Crippen LogP contribution < -0.4 is 0 Å². The van der Waals surface area contributed by atoms with Crippen LogP contribution in [-0.2, 0) is 12.8 Å². The van der Waals surface area contributed by atoms with Gasteiger partial charge in [0.15, 0.2) is 0 Å². The number of hydrogen-bond acceptors (Lipinski definition) is 1. The highest BCUT2D eigenvalue weighted by Gasteiger charge is 2.01. The fraction of sp³-hybridized carbons (Fsp3) is 0.812. The molecule has 0 aliphatic heterocycles. The third kappa shape index (κ3) is 6.83. The van der Waals surface area contributed by atoms with Crippen LogP contribution >= 0.6 is 0 Å². The van der Waals surface area contributed by atoms with Crippen molar-refractivity contribution >= 4 is 0 Å². The van der Waals surface area contributed by atoms with E-state index in [0.29, 0.717) is 0 Å².